The summed E-state index contributed by atoms with van der Waals surface area (Å²) in [6, 6.07) is 14.8. The molecule has 0 fully saturated rings. The molecule has 25 heavy (non-hydrogen) atoms. The Morgan fingerprint density at radius 1 is 0.920 bits per heavy atom. The molecule has 1 aliphatic heterocycles. The first-order valence-corrected chi connectivity index (χ1v) is 7.59. The first-order valence-electron chi connectivity index (χ1n) is 7.59. The molecule has 0 bridgehead atoms. The summed E-state index contributed by atoms with van der Waals surface area (Å²) in [4.78, 5) is 13.2. The van der Waals surface area contributed by atoms with Crippen molar-refractivity contribution in [1.29, 1.82) is 0 Å². The highest BCUT2D eigenvalue weighted by Crippen LogP contribution is 2.42. The number of carbonyl (C=O) groups excluding carboxylic acids is 1. The van der Waals surface area contributed by atoms with Crippen LogP contribution in [-0.2, 0) is 0 Å². The van der Waals surface area contributed by atoms with Crippen molar-refractivity contribution in [2.45, 2.75) is 6.18 Å². The van der Waals surface area contributed by atoms with Crippen LogP contribution >= 0.6 is 0 Å². The molecule has 0 spiro atoms. The predicted octanol–water partition coefficient (Wildman–Crippen LogP) is 4.73. The Bertz CT molecular complexity index is 994. The van der Waals surface area contributed by atoms with Gasteiger partial charge in [-0.15, -0.1) is 0 Å². The fourth-order valence-corrected chi connectivity index (χ4v) is 3.28. The van der Waals surface area contributed by atoms with Crippen molar-refractivity contribution in [2.75, 3.05) is 11.4 Å². The summed E-state index contributed by atoms with van der Waals surface area (Å²) in [6.07, 6.45) is -4.47. The second kappa shape index (κ2) is 5.24. The molecule has 126 valence electrons. The molecule has 0 saturated carbocycles. The molecule has 1 N–H and O–H groups in total. The number of hydrogen-bond acceptors (Lipinski definition) is 2. The van der Waals surface area contributed by atoms with E-state index in [0.29, 0.717) is 10.8 Å². The zero-order valence-electron chi connectivity index (χ0n) is 12.8. The number of nitrogens with zero attached hydrogens (tertiary/aromatic N) is 1. The molecule has 6 heteroatoms. The Labute approximate surface area is 140 Å². The first-order chi connectivity index (χ1) is 11.8. The average molecular weight is 343 g/mol. The number of halogens is 3. The van der Waals surface area contributed by atoms with Gasteiger partial charge in [-0.05, 0) is 40.8 Å². The number of hydrogen-bond donors (Lipinski definition) is 1. The lowest BCUT2D eigenvalue weighted by Crippen LogP contribution is -2.36. The summed E-state index contributed by atoms with van der Waals surface area (Å²) >= 11 is 0. The van der Waals surface area contributed by atoms with Crippen molar-refractivity contribution in [1.82, 2.24) is 0 Å². The maximum absolute atomic E-state index is 12.9. The maximum Gasteiger partial charge on any atom is 0.406 e. The number of anilines is 1. The number of phenols is 1. The number of benzene rings is 3. The van der Waals surface area contributed by atoms with Gasteiger partial charge in [-0.25, -0.2) is 0 Å². The molecule has 0 aliphatic carbocycles. The molecular formula is C19H12F3NO2. The highest BCUT2D eigenvalue weighted by atomic mass is 19.4. The summed E-state index contributed by atoms with van der Waals surface area (Å²) in [7, 11) is 0. The molecular weight excluding hydrogens is 331 g/mol. The van der Waals surface area contributed by atoms with Gasteiger partial charge in [0, 0.05) is 10.9 Å². The van der Waals surface area contributed by atoms with E-state index < -0.39 is 18.6 Å². The van der Waals surface area contributed by atoms with Crippen molar-refractivity contribution in [3.05, 3.63) is 60.2 Å². The molecule has 1 amide bonds. The van der Waals surface area contributed by atoms with Gasteiger partial charge in [0.15, 0.2) is 0 Å². The lowest BCUT2D eigenvalue weighted by Gasteiger charge is -2.19. The Morgan fingerprint density at radius 2 is 1.64 bits per heavy atom. The van der Waals surface area contributed by atoms with Crippen molar-refractivity contribution < 1.29 is 23.1 Å². The zero-order valence-corrected chi connectivity index (χ0v) is 12.8. The highest BCUT2D eigenvalue weighted by Gasteiger charge is 2.39. The summed E-state index contributed by atoms with van der Waals surface area (Å²) in [6.45, 7) is -1.31. The minimum absolute atomic E-state index is 0.126. The van der Waals surface area contributed by atoms with Gasteiger partial charge in [-0.2, -0.15) is 13.2 Å². The van der Waals surface area contributed by atoms with Gasteiger partial charge in [-0.1, -0.05) is 30.3 Å². The minimum Gasteiger partial charge on any atom is -0.508 e. The van der Waals surface area contributed by atoms with Crippen molar-refractivity contribution in [3.8, 4) is 16.9 Å². The highest BCUT2D eigenvalue weighted by molar-refractivity contribution is 6.26. The smallest absolute Gasteiger partial charge is 0.406 e. The normalized spacial score (nSPS) is 13.7. The number of amides is 1. The quantitative estimate of drug-likeness (QED) is 0.730. The molecule has 0 radical (unpaired) electrons. The number of aromatic hydroxyl groups is 1. The van der Waals surface area contributed by atoms with Gasteiger partial charge in [0.25, 0.3) is 5.91 Å². The molecule has 0 aromatic heterocycles. The van der Waals surface area contributed by atoms with E-state index in [4.69, 9.17) is 0 Å². The first kappa shape index (κ1) is 15.5. The van der Waals surface area contributed by atoms with Crippen LogP contribution in [0.25, 0.3) is 21.9 Å². The van der Waals surface area contributed by atoms with Crippen LogP contribution in [0.1, 0.15) is 10.4 Å². The van der Waals surface area contributed by atoms with Crippen LogP contribution in [0.3, 0.4) is 0 Å². The standard InChI is InChI=1S/C19H12F3NO2/c20-19(21,22)10-23-16-9-8-13(11-4-6-12(24)7-5-11)14-2-1-3-15(17(14)16)18(23)25/h1-9,24H,10H2. The number of rotatable bonds is 2. The van der Waals surface area contributed by atoms with Crippen LogP contribution in [0, 0.1) is 0 Å². The van der Waals surface area contributed by atoms with E-state index in [2.05, 4.69) is 0 Å². The third-order valence-corrected chi connectivity index (χ3v) is 4.30. The van der Waals surface area contributed by atoms with Gasteiger partial charge >= 0.3 is 6.18 Å². The Kier molecular flexibility index (Phi) is 3.25. The lowest BCUT2D eigenvalue weighted by molar-refractivity contribution is -0.118. The second-order valence-corrected chi connectivity index (χ2v) is 5.91. The maximum atomic E-state index is 12.9. The molecule has 1 aliphatic rings. The molecule has 4 rings (SSSR count). The van der Waals surface area contributed by atoms with Crippen LogP contribution < -0.4 is 4.90 Å². The van der Waals surface area contributed by atoms with Gasteiger partial charge < -0.3 is 5.11 Å². The monoisotopic (exact) mass is 343 g/mol. The molecule has 0 unspecified atom stereocenters. The van der Waals surface area contributed by atoms with Crippen LogP contribution in [0.2, 0.25) is 0 Å². The SMILES string of the molecule is O=C1c2cccc3c(-c4ccc(O)cc4)ccc(c23)N1CC(F)(F)F. The number of carbonyl (C=O) groups is 1. The van der Waals surface area contributed by atoms with Crippen molar-refractivity contribution in [2.24, 2.45) is 0 Å². The average Bonchev–Trinajstić information content (AvgIpc) is 2.82. The summed E-state index contributed by atoms with van der Waals surface area (Å²) in [5.74, 6) is -0.512. The van der Waals surface area contributed by atoms with Crippen LogP contribution in [0.4, 0.5) is 18.9 Å². The van der Waals surface area contributed by atoms with E-state index in [9.17, 15) is 23.1 Å². The third-order valence-electron chi connectivity index (χ3n) is 4.30. The van der Waals surface area contributed by atoms with Gasteiger partial charge in [-0.3, -0.25) is 9.69 Å². The zero-order chi connectivity index (χ0) is 17.8. The summed E-state index contributed by atoms with van der Waals surface area (Å²) in [5, 5.41) is 10.7. The van der Waals surface area contributed by atoms with Gasteiger partial charge in [0.1, 0.15) is 12.3 Å². The predicted molar refractivity (Wildman–Crippen MR) is 88.8 cm³/mol. The minimum atomic E-state index is -4.47. The molecule has 3 aromatic rings. The van der Waals surface area contributed by atoms with Gasteiger partial charge in [0.05, 0.1) is 5.69 Å². The summed E-state index contributed by atoms with van der Waals surface area (Å²) < 4.78 is 38.6. The third kappa shape index (κ3) is 2.50. The van der Waals surface area contributed by atoms with E-state index in [0.717, 1.165) is 16.0 Å². The second-order valence-electron chi connectivity index (χ2n) is 5.91. The molecule has 3 aromatic carbocycles. The fourth-order valence-electron chi connectivity index (χ4n) is 3.28. The van der Waals surface area contributed by atoms with Crippen molar-refractivity contribution >= 4 is 22.4 Å². The molecule has 1 heterocycles. The lowest BCUT2D eigenvalue weighted by atomic mass is 9.96. The topological polar surface area (TPSA) is 40.5 Å². The van der Waals surface area contributed by atoms with E-state index in [1.54, 1.807) is 54.6 Å². The van der Waals surface area contributed by atoms with E-state index >= 15 is 0 Å². The van der Waals surface area contributed by atoms with Crippen LogP contribution in [-0.4, -0.2) is 23.7 Å². The largest absolute Gasteiger partial charge is 0.508 e. The van der Waals surface area contributed by atoms with E-state index in [-0.39, 0.29) is 17.0 Å². The molecule has 0 atom stereocenters. The Balaban J connectivity index is 1.93. The number of alkyl halides is 3. The number of phenolic OH excluding ortho intramolecular Hbond substituents is 1. The van der Waals surface area contributed by atoms with Gasteiger partial charge in [0.2, 0.25) is 0 Å². The Hall–Kier alpha value is -3.02. The van der Waals surface area contributed by atoms with Crippen LogP contribution in [0.5, 0.6) is 5.75 Å². The summed E-state index contributed by atoms with van der Waals surface area (Å²) in [5.41, 5.74) is 2.15. The van der Waals surface area contributed by atoms with Crippen LogP contribution in [0.15, 0.2) is 54.6 Å². The van der Waals surface area contributed by atoms with E-state index in [1.165, 1.54) is 0 Å². The Morgan fingerprint density at radius 3 is 2.32 bits per heavy atom. The van der Waals surface area contributed by atoms with Crippen molar-refractivity contribution in [3.63, 3.8) is 0 Å². The molecule has 0 saturated heterocycles. The van der Waals surface area contributed by atoms with E-state index in [1.807, 2.05) is 0 Å². The molecule has 3 nitrogen and oxygen atoms in total. The fraction of sp³-hybridized carbons (Fsp3) is 0.105.